The SMILES string of the molecule is CSc1cccc(NC(=O)C[C@@H]2COCCN2C(=O)c2ccccc2)c1. The van der Waals surface area contributed by atoms with Crippen LogP contribution in [0.15, 0.2) is 59.5 Å². The molecule has 6 heteroatoms. The molecule has 0 bridgehead atoms. The molecule has 0 unspecified atom stereocenters. The van der Waals surface area contributed by atoms with Gasteiger partial charge in [-0.2, -0.15) is 0 Å². The van der Waals surface area contributed by atoms with Crippen LogP contribution in [0.5, 0.6) is 0 Å². The first-order valence-electron chi connectivity index (χ1n) is 8.55. The van der Waals surface area contributed by atoms with E-state index in [-0.39, 0.29) is 24.3 Å². The lowest BCUT2D eigenvalue weighted by molar-refractivity contribution is -0.118. The molecular weight excluding hydrogens is 348 g/mol. The first-order chi connectivity index (χ1) is 12.7. The highest BCUT2D eigenvalue weighted by Crippen LogP contribution is 2.20. The number of nitrogens with one attached hydrogen (secondary N) is 1. The number of amides is 2. The summed E-state index contributed by atoms with van der Waals surface area (Å²) in [6.07, 6.45) is 2.20. The van der Waals surface area contributed by atoms with Crippen molar-refractivity contribution < 1.29 is 14.3 Å². The third-order valence-electron chi connectivity index (χ3n) is 4.28. The summed E-state index contributed by atoms with van der Waals surface area (Å²) in [6.45, 7) is 1.36. The van der Waals surface area contributed by atoms with E-state index in [4.69, 9.17) is 4.74 Å². The molecule has 0 saturated carbocycles. The van der Waals surface area contributed by atoms with Crippen LogP contribution in [0.25, 0.3) is 0 Å². The third kappa shape index (κ3) is 4.65. The van der Waals surface area contributed by atoms with Crippen molar-refractivity contribution in [1.82, 2.24) is 4.90 Å². The second-order valence-electron chi connectivity index (χ2n) is 6.08. The minimum Gasteiger partial charge on any atom is -0.377 e. The second-order valence-corrected chi connectivity index (χ2v) is 6.96. The van der Waals surface area contributed by atoms with E-state index in [1.165, 1.54) is 0 Å². The van der Waals surface area contributed by atoms with Crippen molar-refractivity contribution in [2.24, 2.45) is 0 Å². The van der Waals surface area contributed by atoms with Gasteiger partial charge in [-0.3, -0.25) is 9.59 Å². The molecule has 1 aliphatic rings. The highest BCUT2D eigenvalue weighted by Gasteiger charge is 2.29. The molecule has 2 aromatic rings. The van der Waals surface area contributed by atoms with Crippen molar-refractivity contribution in [2.75, 3.05) is 31.3 Å². The average molecular weight is 370 g/mol. The predicted molar refractivity (Wildman–Crippen MR) is 104 cm³/mol. The molecule has 2 aromatic carbocycles. The third-order valence-corrected chi connectivity index (χ3v) is 5.01. The maximum atomic E-state index is 12.8. The van der Waals surface area contributed by atoms with Gasteiger partial charge in [0.05, 0.1) is 19.3 Å². The van der Waals surface area contributed by atoms with Crippen LogP contribution in [0.3, 0.4) is 0 Å². The van der Waals surface area contributed by atoms with E-state index in [1.54, 1.807) is 28.8 Å². The summed E-state index contributed by atoms with van der Waals surface area (Å²) in [6, 6.07) is 16.6. The molecule has 0 aliphatic carbocycles. The number of carbonyl (C=O) groups is 2. The molecule has 1 atom stereocenters. The molecule has 1 heterocycles. The van der Waals surface area contributed by atoms with E-state index in [9.17, 15) is 9.59 Å². The van der Waals surface area contributed by atoms with Gasteiger partial charge >= 0.3 is 0 Å². The topological polar surface area (TPSA) is 58.6 Å². The zero-order valence-electron chi connectivity index (χ0n) is 14.7. The van der Waals surface area contributed by atoms with E-state index in [0.29, 0.717) is 25.3 Å². The van der Waals surface area contributed by atoms with Crippen LogP contribution >= 0.6 is 11.8 Å². The number of rotatable bonds is 5. The minimum absolute atomic E-state index is 0.0592. The smallest absolute Gasteiger partial charge is 0.254 e. The Morgan fingerprint density at radius 3 is 2.77 bits per heavy atom. The Kier molecular flexibility index (Phi) is 6.30. The van der Waals surface area contributed by atoms with Gasteiger partial charge in [-0.1, -0.05) is 24.3 Å². The molecule has 0 spiro atoms. The van der Waals surface area contributed by atoms with E-state index >= 15 is 0 Å². The van der Waals surface area contributed by atoms with E-state index in [2.05, 4.69) is 5.32 Å². The minimum atomic E-state index is -0.264. The Labute approximate surface area is 157 Å². The normalized spacial score (nSPS) is 17.0. The molecule has 136 valence electrons. The lowest BCUT2D eigenvalue weighted by Crippen LogP contribution is -2.50. The Hall–Kier alpha value is -2.31. The van der Waals surface area contributed by atoms with Gasteiger partial charge in [0.25, 0.3) is 5.91 Å². The number of carbonyl (C=O) groups excluding carboxylic acids is 2. The quantitative estimate of drug-likeness (QED) is 0.821. The highest BCUT2D eigenvalue weighted by molar-refractivity contribution is 7.98. The van der Waals surface area contributed by atoms with Gasteiger partial charge in [-0.25, -0.2) is 0 Å². The summed E-state index contributed by atoms with van der Waals surface area (Å²) in [5, 5.41) is 2.92. The van der Waals surface area contributed by atoms with Gasteiger partial charge in [0.1, 0.15) is 0 Å². The van der Waals surface area contributed by atoms with Gasteiger partial charge in [0, 0.05) is 29.1 Å². The predicted octanol–water partition coefficient (Wildman–Crippen LogP) is 3.28. The van der Waals surface area contributed by atoms with Crippen molar-refractivity contribution >= 4 is 29.3 Å². The zero-order chi connectivity index (χ0) is 18.4. The fourth-order valence-corrected chi connectivity index (χ4v) is 3.42. The maximum absolute atomic E-state index is 12.8. The van der Waals surface area contributed by atoms with Crippen LogP contribution in [0.4, 0.5) is 5.69 Å². The summed E-state index contributed by atoms with van der Waals surface area (Å²) in [4.78, 5) is 28.1. The molecule has 26 heavy (non-hydrogen) atoms. The molecule has 1 fully saturated rings. The maximum Gasteiger partial charge on any atom is 0.254 e. The van der Waals surface area contributed by atoms with Crippen LogP contribution in [-0.4, -0.2) is 48.8 Å². The molecule has 5 nitrogen and oxygen atoms in total. The average Bonchev–Trinajstić information content (AvgIpc) is 2.68. The summed E-state index contributed by atoms with van der Waals surface area (Å²) >= 11 is 1.62. The summed E-state index contributed by atoms with van der Waals surface area (Å²) < 4.78 is 5.51. The second kappa shape index (κ2) is 8.87. The first-order valence-corrected chi connectivity index (χ1v) is 9.77. The Morgan fingerprint density at radius 1 is 1.19 bits per heavy atom. The van der Waals surface area contributed by atoms with Gasteiger partial charge in [-0.15, -0.1) is 11.8 Å². The van der Waals surface area contributed by atoms with Crippen LogP contribution < -0.4 is 5.32 Å². The number of anilines is 1. The molecule has 1 aliphatic heterocycles. The summed E-state index contributed by atoms with van der Waals surface area (Å²) in [7, 11) is 0. The van der Waals surface area contributed by atoms with Crippen LogP contribution in [0, 0.1) is 0 Å². The van der Waals surface area contributed by atoms with Gasteiger partial charge in [0.15, 0.2) is 0 Å². The number of thioether (sulfide) groups is 1. The standard InChI is InChI=1S/C20H22N2O3S/c1-26-18-9-5-8-16(12-18)21-19(23)13-17-14-25-11-10-22(17)20(24)15-6-3-2-4-7-15/h2-9,12,17H,10-11,13-14H2,1H3,(H,21,23)/t17-/m1/s1. The lowest BCUT2D eigenvalue weighted by atomic mass is 10.1. The Bertz CT molecular complexity index is 767. The van der Waals surface area contributed by atoms with Crippen molar-refractivity contribution in [3.63, 3.8) is 0 Å². The van der Waals surface area contributed by atoms with Gasteiger partial charge in [-0.05, 0) is 36.6 Å². The molecule has 2 amide bonds. The number of hydrogen-bond acceptors (Lipinski definition) is 4. The summed E-state index contributed by atoms with van der Waals surface area (Å²) in [5.74, 6) is -0.180. The fraction of sp³-hybridized carbons (Fsp3) is 0.300. The van der Waals surface area contributed by atoms with Gasteiger partial charge in [0.2, 0.25) is 5.91 Å². The molecule has 1 N–H and O–H groups in total. The number of hydrogen-bond donors (Lipinski definition) is 1. The van der Waals surface area contributed by atoms with Crippen molar-refractivity contribution in [3.05, 3.63) is 60.2 Å². The molecule has 1 saturated heterocycles. The fourth-order valence-electron chi connectivity index (χ4n) is 2.96. The van der Waals surface area contributed by atoms with Crippen LogP contribution in [0.2, 0.25) is 0 Å². The van der Waals surface area contributed by atoms with E-state index in [0.717, 1.165) is 10.6 Å². The summed E-state index contributed by atoms with van der Waals surface area (Å²) in [5.41, 5.74) is 1.40. The van der Waals surface area contributed by atoms with Crippen LogP contribution in [0.1, 0.15) is 16.8 Å². The number of nitrogens with zero attached hydrogens (tertiary/aromatic N) is 1. The van der Waals surface area contributed by atoms with Gasteiger partial charge < -0.3 is 15.0 Å². The number of ether oxygens (including phenoxy) is 1. The monoisotopic (exact) mass is 370 g/mol. The van der Waals surface area contributed by atoms with Crippen molar-refractivity contribution in [3.8, 4) is 0 Å². The van der Waals surface area contributed by atoms with Crippen molar-refractivity contribution in [2.45, 2.75) is 17.4 Å². The lowest BCUT2D eigenvalue weighted by Gasteiger charge is -2.35. The molecule has 0 radical (unpaired) electrons. The highest BCUT2D eigenvalue weighted by atomic mass is 32.2. The van der Waals surface area contributed by atoms with E-state index < -0.39 is 0 Å². The molecule has 0 aromatic heterocycles. The Morgan fingerprint density at radius 2 is 2.00 bits per heavy atom. The van der Waals surface area contributed by atoms with Crippen molar-refractivity contribution in [1.29, 1.82) is 0 Å². The number of morpholine rings is 1. The van der Waals surface area contributed by atoms with Crippen LogP contribution in [-0.2, 0) is 9.53 Å². The van der Waals surface area contributed by atoms with E-state index in [1.807, 2.05) is 48.7 Å². The largest absolute Gasteiger partial charge is 0.377 e. The molecular formula is C20H22N2O3S. The Balaban J connectivity index is 1.66. The zero-order valence-corrected chi connectivity index (χ0v) is 15.5. The molecule has 3 rings (SSSR count). The first kappa shape index (κ1) is 18.5. The number of benzene rings is 2.